The van der Waals surface area contributed by atoms with Gasteiger partial charge in [0.1, 0.15) is 0 Å². The predicted octanol–water partition coefficient (Wildman–Crippen LogP) is 0.945. The number of amides is 1. The monoisotopic (exact) mass is 306 g/mol. The molecule has 1 heterocycles. The fraction of sp³-hybridized carbons (Fsp3) is 0.923. The Morgan fingerprint density at radius 3 is 2.53 bits per heavy atom. The molecule has 0 saturated carbocycles. The van der Waals surface area contributed by atoms with Crippen LogP contribution in [-0.4, -0.2) is 63.7 Å². The normalized spacial score (nSPS) is 20.2. The largest absolute Gasteiger partial charge is 0.354 e. The van der Waals surface area contributed by atoms with E-state index >= 15 is 0 Å². The van der Waals surface area contributed by atoms with E-state index in [1.54, 1.807) is 11.8 Å². The van der Waals surface area contributed by atoms with E-state index in [4.69, 9.17) is 0 Å². The molecule has 0 bridgehead atoms. The van der Waals surface area contributed by atoms with Gasteiger partial charge in [-0.05, 0) is 20.1 Å². The number of hydrogen-bond donors (Lipinski definition) is 1. The van der Waals surface area contributed by atoms with Crippen molar-refractivity contribution in [3.05, 3.63) is 0 Å². The molecular formula is C13H26N2O2S2. The van der Waals surface area contributed by atoms with Crippen LogP contribution in [0.15, 0.2) is 0 Å². The van der Waals surface area contributed by atoms with E-state index in [-0.39, 0.29) is 17.4 Å². The van der Waals surface area contributed by atoms with Crippen LogP contribution in [0.5, 0.6) is 0 Å². The first-order valence-corrected chi connectivity index (χ1v) is 9.61. The Morgan fingerprint density at radius 2 is 2.00 bits per heavy atom. The zero-order valence-corrected chi connectivity index (χ0v) is 14.0. The number of nitrogens with zero attached hydrogens (tertiary/aromatic N) is 1. The summed E-state index contributed by atoms with van der Waals surface area (Å²) in [5.74, 6) is 2.54. The van der Waals surface area contributed by atoms with Crippen LogP contribution in [-0.2, 0) is 15.6 Å². The smallest absolute Gasteiger partial charge is 0.223 e. The van der Waals surface area contributed by atoms with Crippen LogP contribution in [0.2, 0.25) is 0 Å². The van der Waals surface area contributed by atoms with Gasteiger partial charge in [0.15, 0.2) is 0 Å². The number of thioether (sulfide) groups is 1. The van der Waals surface area contributed by atoms with Crippen molar-refractivity contribution in [3.63, 3.8) is 0 Å². The molecule has 6 heteroatoms. The van der Waals surface area contributed by atoms with E-state index in [2.05, 4.69) is 24.1 Å². The second-order valence-electron chi connectivity index (χ2n) is 5.72. The Hall–Kier alpha value is -0.0700. The van der Waals surface area contributed by atoms with Gasteiger partial charge >= 0.3 is 0 Å². The lowest BCUT2D eigenvalue weighted by Gasteiger charge is -2.40. The molecule has 0 aromatic rings. The maximum Gasteiger partial charge on any atom is 0.223 e. The van der Waals surface area contributed by atoms with Crippen LogP contribution in [0.3, 0.4) is 0 Å². The molecule has 1 aliphatic heterocycles. The average Bonchev–Trinajstić information content (AvgIpc) is 2.37. The SMILES string of the molecule is CSCC(C)C(=O)NCC(C)(C)N1CCS(=O)CC1. The summed E-state index contributed by atoms with van der Waals surface area (Å²) in [7, 11) is -0.650. The summed E-state index contributed by atoms with van der Waals surface area (Å²) in [5, 5.41) is 3.05. The molecule has 1 unspecified atom stereocenters. The lowest BCUT2D eigenvalue weighted by atomic mass is 10.0. The Morgan fingerprint density at radius 1 is 1.42 bits per heavy atom. The standard InChI is InChI=1S/C13H26N2O2S2/c1-11(9-18-4)12(16)14-10-13(2,3)15-5-7-19(17)8-6-15/h11H,5-10H2,1-4H3,(H,14,16). The molecule has 0 radical (unpaired) electrons. The molecule has 1 N–H and O–H groups in total. The Labute approximate surface area is 123 Å². The minimum absolute atomic E-state index is 0.0552. The summed E-state index contributed by atoms with van der Waals surface area (Å²) >= 11 is 1.69. The molecule has 0 aromatic carbocycles. The van der Waals surface area contributed by atoms with Crippen molar-refractivity contribution in [2.45, 2.75) is 26.3 Å². The number of carbonyl (C=O) groups is 1. The molecule has 0 spiro atoms. The third-order valence-corrected chi connectivity index (χ3v) is 5.70. The number of nitrogens with one attached hydrogen (secondary N) is 1. The lowest BCUT2D eigenvalue weighted by Crippen LogP contribution is -2.56. The third-order valence-electron chi connectivity index (χ3n) is 3.59. The molecular weight excluding hydrogens is 280 g/mol. The molecule has 112 valence electrons. The molecule has 1 amide bonds. The Balaban J connectivity index is 2.41. The third kappa shape index (κ3) is 5.44. The summed E-state index contributed by atoms with van der Waals surface area (Å²) in [6, 6.07) is 0. The number of carbonyl (C=O) groups excluding carboxylic acids is 1. The summed E-state index contributed by atoms with van der Waals surface area (Å²) in [6.07, 6.45) is 2.02. The Bertz CT molecular complexity index is 325. The van der Waals surface area contributed by atoms with Crippen LogP contribution < -0.4 is 5.32 Å². The first kappa shape index (κ1) is 17.0. The van der Waals surface area contributed by atoms with Crippen molar-refractivity contribution < 1.29 is 9.00 Å². The van der Waals surface area contributed by atoms with Crippen molar-refractivity contribution in [2.75, 3.05) is 43.1 Å². The van der Waals surface area contributed by atoms with Crippen molar-refractivity contribution in [3.8, 4) is 0 Å². The zero-order valence-electron chi connectivity index (χ0n) is 12.4. The fourth-order valence-electron chi connectivity index (χ4n) is 2.16. The summed E-state index contributed by atoms with van der Waals surface area (Å²) in [4.78, 5) is 14.3. The van der Waals surface area contributed by atoms with Gasteiger partial charge in [-0.3, -0.25) is 13.9 Å². The first-order chi connectivity index (χ1) is 8.86. The topological polar surface area (TPSA) is 49.4 Å². The van der Waals surface area contributed by atoms with E-state index in [1.807, 2.05) is 13.2 Å². The highest BCUT2D eigenvalue weighted by Gasteiger charge is 2.30. The second-order valence-corrected chi connectivity index (χ2v) is 8.33. The highest BCUT2D eigenvalue weighted by molar-refractivity contribution is 7.98. The van der Waals surface area contributed by atoms with Gasteiger partial charge in [0, 0.05) is 59.1 Å². The van der Waals surface area contributed by atoms with Gasteiger partial charge in [0.05, 0.1) is 0 Å². The minimum Gasteiger partial charge on any atom is -0.354 e. The van der Waals surface area contributed by atoms with E-state index < -0.39 is 10.8 Å². The second kappa shape index (κ2) is 7.64. The molecule has 0 aliphatic carbocycles. The van der Waals surface area contributed by atoms with Crippen LogP contribution >= 0.6 is 11.8 Å². The van der Waals surface area contributed by atoms with Gasteiger partial charge in [0.25, 0.3) is 0 Å². The molecule has 0 aromatic heterocycles. The molecule has 1 fully saturated rings. The Kier molecular flexibility index (Phi) is 6.83. The molecule has 1 aliphatic rings. The highest BCUT2D eigenvalue weighted by Crippen LogP contribution is 2.16. The zero-order chi connectivity index (χ0) is 14.5. The van der Waals surface area contributed by atoms with Crippen molar-refractivity contribution >= 4 is 28.5 Å². The van der Waals surface area contributed by atoms with E-state index in [0.717, 1.165) is 30.3 Å². The average molecular weight is 306 g/mol. The van der Waals surface area contributed by atoms with Gasteiger partial charge in [-0.2, -0.15) is 11.8 Å². The van der Waals surface area contributed by atoms with Crippen molar-refractivity contribution in [1.82, 2.24) is 10.2 Å². The first-order valence-electron chi connectivity index (χ1n) is 6.73. The molecule has 19 heavy (non-hydrogen) atoms. The van der Waals surface area contributed by atoms with Crippen molar-refractivity contribution in [1.29, 1.82) is 0 Å². The molecule has 1 saturated heterocycles. The lowest BCUT2D eigenvalue weighted by molar-refractivity contribution is -0.124. The summed E-state index contributed by atoms with van der Waals surface area (Å²) < 4.78 is 11.4. The fourth-order valence-corrected chi connectivity index (χ4v) is 3.86. The van der Waals surface area contributed by atoms with Crippen LogP contribution in [0.1, 0.15) is 20.8 Å². The molecule has 1 rings (SSSR count). The van der Waals surface area contributed by atoms with E-state index in [0.29, 0.717) is 6.54 Å². The van der Waals surface area contributed by atoms with Crippen molar-refractivity contribution in [2.24, 2.45) is 5.92 Å². The van der Waals surface area contributed by atoms with Crippen LogP contribution in [0.25, 0.3) is 0 Å². The van der Waals surface area contributed by atoms with Gasteiger partial charge in [-0.15, -0.1) is 0 Å². The van der Waals surface area contributed by atoms with Gasteiger partial charge < -0.3 is 5.32 Å². The number of hydrogen-bond acceptors (Lipinski definition) is 4. The number of rotatable bonds is 6. The van der Waals surface area contributed by atoms with E-state index in [9.17, 15) is 9.00 Å². The molecule has 1 atom stereocenters. The van der Waals surface area contributed by atoms with Gasteiger partial charge in [-0.25, -0.2) is 0 Å². The summed E-state index contributed by atoms with van der Waals surface area (Å²) in [6.45, 7) is 8.60. The van der Waals surface area contributed by atoms with Gasteiger partial charge in [-0.1, -0.05) is 6.92 Å². The van der Waals surface area contributed by atoms with E-state index in [1.165, 1.54) is 0 Å². The quantitative estimate of drug-likeness (QED) is 0.794. The minimum atomic E-state index is -0.650. The van der Waals surface area contributed by atoms with Crippen LogP contribution in [0, 0.1) is 5.92 Å². The maximum absolute atomic E-state index is 11.9. The predicted molar refractivity (Wildman–Crippen MR) is 84.1 cm³/mol. The van der Waals surface area contributed by atoms with Crippen LogP contribution in [0.4, 0.5) is 0 Å². The maximum atomic E-state index is 11.9. The highest BCUT2D eigenvalue weighted by atomic mass is 32.2. The summed E-state index contributed by atoms with van der Waals surface area (Å²) in [5.41, 5.74) is -0.0701. The van der Waals surface area contributed by atoms with Gasteiger partial charge in [0.2, 0.25) is 5.91 Å². The molecule has 4 nitrogen and oxygen atoms in total.